The summed E-state index contributed by atoms with van der Waals surface area (Å²) < 4.78 is 10.9. The van der Waals surface area contributed by atoms with Gasteiger partial charge in [-0.05, 0) is 38.2 Å². The Balaban J connectivity index is 1.68. The van der Waals surface area contributed by atoms with Crippen LogP contribution in [0.25, 0.3) is 11.5 Å². The van der Waals surface area contributed by atoms with Crippen LogP contribution >= 0.6 is 11.3 Å². The van der Waals surface area contributed by atoms with E-state index in [-0.39, 0.29) is 11.8 Å². The molecule has 6 nitrogen and oxygen atoms in total. The Hall–Kier alpha value is -1.99. The number of hydrogen-bond acceptors (Lipinski definition) is 6. The topological polar surface area (TPSA) is 77.2 Å². The van der Waals surface area contributed by atoms with Gasteiger partial charge in [-0.3, -0.25) is 4.79 Å². The second kappa shape index (κ2) is 6.49. The van der Waals surface area contributed by atoms with Crippen molar-refractivity contribution in [3.05, 3.63) is 28.4 Å². The average Bonchev–Trinajstić information content (AvgIpc) is 3.18. The van der Waals surface area contributed by atoms with Crippen molar-refractivity contribution in [1.82, 2.24) is 10.1 Å². The normalized spacial score (nSPS) is 20.0. The number of allylic oxidation sites excluding steroid dienone is 2. The molecule has 2 aromatic rings. The van der Waals surface area contributed by atoms with E-state index in [2.05, 4.69) is 27.6 Å². The third-order valence-electron chi connectivity index (χ3n) is 4.44. The highest BCUT2D eigenvalue weighted by atomic mass is 32.1. The standard InChI is InChI=1S/C17H19N3O3S/c1-10-18-16(23-20-10)14-12-7-8-22-9-13(12)24-17(14)19-15(21)11-5-3-2-4-6-11/h2-3,11H,4-9H2,1H3,(H,19,21). The number of amides is 1. The maximum absolute atomic E-state index is 12.6. The predicted octanol–water partition coefficient (Wildman–Crippen LogP) is 3.47. The Kier molecular flexibility index (Phi) is 4.20. The van der Waals surface area contributed by atoms with Crippen molar-refractivity contribution in [2.45, 2.75) is 39.2 Å². The summed E-state index contributed by atoms with van der Waals surface area (Å²) in [7, 11) is 0. The van der Waals surface area contributed by atoms with Crippen LogP contribution in [0.1, 0.15) is 35.5 Å². The summed E-state index contributed by atoms with van der Waals surface area (Å²) in [5.41, 5.74) is 2.03. The molecule has 24 heavy (non-hydrogen) atoms. The second-order valence-electron chi connectivity index (χ2n) is 6.13. The number of aryl methyl sites for hydroxylation is 1. The van der Waals surface area contributed by atoms with E-state index in [1.54, 1.807) is 18.3 Å². The minimum absolute atomic E-state index is 0.0302. The van der Waals surface area contributed by atoms with Crippen LogP contribution in [0.2, 0.25) is 0 Å². The van der Waals surface area contributed by atoms with Crippen LogP contribution in [0.5, 0.6) is 0 Å². The lowest BCUT2D eigenvalue weighted by atomic mass is 9.93. The first-order valence-electron chi connectivity index (χ1n) is 8.21. The molecule has 0 saturated carbocycles. The van der Waals surface area contributed by atoms with Gasteiger partial charge in [0.25, 0.3) is 5.89 Å². The van der Waals surface area contributed by atoms with Crippen LogP contribution in [-0.4, -0.2) is 22.7 Å². The zero-order valence-corrected chi connectivity index (χ0v) is 14.3. The number of nitrogens with one attached hydrogen (secondary N) is 1. The highest BCUT2D eigenvalue weighted by Gasteiger charge is 2.28. The maximum atomic E-state index is 12.6. The Morgan fingerprint density at radius 1 is 1.42 bits per heavy atom. The molecule has 4 rings (SSSR count). The van der Waals surface area contributed by atoms with Gasteiger partial charge in [-0.1, -0.05) is 17.3 Å². The highest BCUT2D eigenvalue weighted by molar-refractivity contribution is 7.17. The van der Waals surface area contributed by atoms with E-state index in [0.29, 0.717) is 24.9 Å². The zero-order valence-electron chi connectivity index (χ0n) is 13.5. The lowest BCUT2D eigenvalue weighted by Crippen LogP contribution is -2.23. The third kappa shape index (κ3) is 2.89. The van der Waals surface area contributed by atoms with Gasteiger partial charge in [0.2, 0.25) is 5.91 Å². The summed E-state index contributed by atoms with van der Waals surface area (Å²) >= 11 is 1.56. The van der Waals surface area contributed by atoms with E-state index in [1.807, 2.05) is 0 Å². The van der Waals surface area contributed by atoms with Gasteiger partial charge in [0, 0.05) is 10.8 Å². The first-order valence-corrected chi connectivity index (χ1v) is 9.03. The van der Waals surface area contributed by atoms with E-state index in [9.17, 15) is 4.79 Å². The molecule has 3 heterocycles. The molecule has 0 saturated heterocycles. The summed E-state index contributed by atoms with van der Waals surface area (Å²) in [5, 5.41) is 7.80. The van der Waals surface area contributed by atoms with Crippen LogP contribution in [0, 0.1) is 12.8 Å². The molecule has 1 unspecified atom stereocenters. The predicted molar refractivity (Wildman–Crippen MR) is 90.8 cm³/mol. The smallest absolute Gasteiger partial charge is 0.261 e. The molecule has 0 spiro atoms. The molecule has 7 heteroatoms. The fraction of sp³-hybridized carbons (Fsp3) is 0.471. The van der Waals surface area contributed by atoms with E-state index in [4.69, 9.17) is 9.26 Å². The van der Waals surface area contributed by atoms with Crippen molar-refractivity contribution < 1.29 is 14.1 Å². The molecule has 1 N–H and O–H groups in total. The number of carbonyl (C=O) groups is 1. The molecule has 0 fully saturated rings. The fourth-order valence-electron chi connectivity index (χ4n) is 3.19. The lowest BCUT2D eigenvalue weighted by Gasteiger charge is -2.17. The monoisotopic (exact) mass is 345 g/mol. The number of rotatable bonds is 3. The number of anilines is 1. The molecule has 0 bridgehead atoms. The van der Waals surface area contributed by atoms with Crippen molar-refractivity contribution in [1.29, 1.82) is 0 Å². The van der Waals surface area contributed by atoms with Crippen LogP contribution in [0.15, 0.2) is 16.7 Å². The lowest BCUT2D eigenvalue weighted by molar-refractivity contribution is -0.120. The molecule has 1 amide bonds. The fourth-order valence-corrected chi connectivity index (χ4v) is 4.37. The van der Waals surface area contributed by atoms with Gasteiger partial charge in [0.15, 0.2) is 5.82 Å². The first kappa shape index (κ1) is 15.5. The van der Waals surface area contributed by atoms with Crippen molar-refractivity contribution in [3.8, 4) is 11.5 Å². The maximum Gasteiger partial charge on any atom is 0.261 e. The first-order chi connectivity index (χ1) is 11.7. The summed E-state index contributed by atoms with van der Waals surface area (Å²) in [5.74, 6) is 1.16. The Morgan fingerprint density at radius 3 is 3.08 bits per heavy atom. The van der Waals surface area contributed by atoms with E-state index in [0.717, 1.165) is 46.7 Å². The van der Waals surface area contributed by atoms with Gasteiger partial charge in [0.1, 0.15) is 5.00 Å². The molecule has 126 valence electrons. The molecule has 1 aliphatic heterocycles. The third-order valence-corrected chi connectivity index (χ3v) is 5.56. The van der Waals surface area contributed by atoms with Crippen molar-refractivity contribution >= 4 is 22.2 Å². The quantitative estimate of drug-likeness (QED) is 0.862. The molecule has 1 atom stereocenters. The molecule has 1 aliphatic carbocycles. The van der Waals surface area contributed by atoms with Crippen molar-refractivity contribution in [2.75, 3.05) is 11.9 Å². The van der Waals surface area contributed by atoms with E-state index in [1.165, 1.54) is 0 Å². The highest BCUT2D eigenvalue weighted by Crippen LogP contribution is 2.42. The number of hydrogen-bond donors (Lipinski definition) is 1. The van der Waals surface area contributed by atoms with Crippen LogP contribution < -0.4 is 5.32 Å². The number of aromatic nitrogens is 2. The second-order valence-corrected chi connectivity index (χ2v) is 7.23. The SMILES string of the molecule is Cc1noc(-c2c(NC(=O)C3CC=CCC3)sc3c2CCOC3)n1. The van der Waals surface area contributed by atoms with E-state index >= 15 is 0 Å². The number of fused-ring (bicyclic) bond motifs is 1. The molecular formula is C17H19N3O3S. The van der Waals surface area contributed by atoms with Gasteiger partial charge < -0.3 is 14.6 Å². The number of nitrogens with zero attached hydrogens (tertiary/aromatic N) is 2. The summed E-state index contributed by atoms with van der Waals surface area (Å²) in [6.45, 7) is 3.04. The Labute approximate surface area is 143 Å². The van der Waals surface area contributed by atoms with Crippen molar-refractivity contribution in [2.24, 2.45) is 5.92 Å². The molecule has 0 aromatic carbocycles. The van der Waals surface area contributed by atoms with E-state index < -0.39 is 0 Å². The van der Waals surface area contributed by atoms with Crippen LogP contribution in [0.4, 0.5) is 5.00 Å². The molecule has 0 radical (unpaired) electrons. The van der Waals surface area contributed by atoms with Gasteiger partial charge in [-0.2, -0.15) is 4.98 Å². The largest absolute Gasteiger partial charge is 0.376 e. The van der Waals surface area contributed by atoms with Crippen molar-refractivity contribution in [3.63, 3.8) is 0 Å². The Bertz CT molecular complexity index is 793. The summed E-state index contributed by atoms with van der Waals surface area (Å²) in [6.07, 6.45) is 7.68. The summed E-state index contributed by atoms with van der Waals surface area (Å²) in [6, 6.07) is 0. The molecule has 2 aliphatic rings. The van der Waals surface area contributed by atoms with Gasteiger partial charge in [0.05, 0.1) is 18.8 Å². The van der Waals surface area contributed by atoms with Gasteiger partial charge in [-0.25, -0.2) is 0 Å². The number of ether oxygens (including phenoxy) is 1. The molecular weight excluding hydrogens is 326 g/mol. The zero-order chi connectivity index (χ0) is 16.5. The number of carbonyl (C=O) groups excluding carboxylic acids is 1. The van der Waals surface area contributed by atoms with Gasteiger partial charge in [-0.15, -0.1) is 11.3 Å². The minimum Gasteiger partial charge on any atom is -0.376 e. The number of thiophene rings is 1. The Morgan fingerprint density at radius 2 is 2.33 bits per heavy atom. The molecule has 2 aromatic heterocycles. The minimum atomic E-state index is 0.0302. The average molecular weight is 345 g/mol. The van der Waals surface area contributed by atoms with Gasteiger partial charge >= 0.3 is 0 Å². The van der Waals surface area contributed by atoms with Crippen LogP contribution in [-0.2, 0) is 22.6 Å². The van der Waals surface area contributed by atoms with Crippen LogP contribution in [0.3, 0.4) is 0 Å². The summed E-state index contributed by atoms with van der Waals surface area (Å²) in [4.78, 5) is 18.1.